The molecule has 0 unspecified atom stereocenters. The zero-order valence-corrected chi connectivity index (χ0v) is 12.8. The third-order valence-electron chi connectivity index (χ3n) is 3.19. The van der Waals surface area contributed by atoms with Gasteiger partial charge < -0.3 is 9.26 Å². The molecule has 7 heteroatoms. The normalized spacial score (nSPS) is 11.8. The van der Waals surface area contributed by atoms with Crippen LogP contribution in [-0.2, 0) is 4.79 Å². The second kappa shape index (κ2) is 6.91. The average molecular weight is 327 g/mol. The first kappa shape index (κ1) is 15.7. The van der Waals surface area contributed by atoms with E-state index in [2.05, 4.69) is 15.5 Å². The van der Waals surface area contributed by atoms with E-state index in [-0.39, 0.29) is 17.6 Å². The van der Waals surface area contributed by atoms with E-state index in [4.69, 9.17) is 9.26 Å². The Morgan fingerprint density at radius 3 is 2.62 bits per heavy atom. The third kappa shape index (κ3) is 3.57. The van der Waals surface area contributed by atoms with Gasteiger partial charge in [0.25, 0.3) is 17.7 Å². The van der Waals surface area contributed by atoms with E-state index in [0.717, 1.165) is 5.56 Å². The first-order valence-electron chi connectivity index (χ1n) is 7.24. The number of ether oxygens (including phenoxy) is 1. The molecule has 1 N–H and O–H groups in total. The minimum Gasteiger partial charge on any atom is -0.478 e. The monoisotopic (exact) mass is 327 g/mol. The Kier molecular flexibility index (Phi) is 4.51. The molecule has 1 atom stereocenters. The topological polar surface area (TPSA) is 77.2 Å². The molecule has 1 aromatic heterocycles. The molecule has 24 heavy (non-hydrogen) atoms. The fraction of sp³-hybridized carbons (Fsp3) is 0.118. The lowest BCUT2D eigenvalue weighted by atomic mass is 10.2. The molecule has 0 radical (unpaired) electrons. The van der Waals surface area contributed by atoms with Gasteiger partial charge in [-0.1, -0.05) is 30.3 Å². The number of carbonyl (C=O) groups is 1. The van der Waals surface area contributed by atoms with Crippen LogP contribution < -0.4 is 10.1 Å². The highest BCUT2D eigenvalue weighted by Crippen LogP contribution is 2.19. The largest absolute Gasteiger partial charge is 0.478 e. The van der Waals surface area contributed by atoms with E-state index in [1.165, 1.54) is 25.1 Å². The second-order valence-corrected chi connectivity index (χ2v) is 4.97. The molecule has 0 saturated heterocycles. The molecule has 6 nitrogen and oxygen atoms in total. The van der Waals surface area contributed by atoms with Crippen LogP contribution in [0, 0.1) is 5.82 Å². The van der Waals surface area contributed by atoms with Crippen LogP contribution in [0.15, 0.2) is 59.1 Å². The van der Waals surface area contributed by atoms with Gasteiger partial charge in [-0.3, -0.25) is 10.1 Å². The van der Waals surface area contributed by atoms with Gasteiger partial charge in [0.1, 0.15) is 0 Å². The zero-order valence-electron chi connectivity index (χ0n) is 12.8. The van der Waals surface area contributed by atoms with Crippen molar-refractivity contribution in [3.05, 3.63) is 60.4 Å². The predicted octanol–water partition coefficient (Wildman–Crippen LogP) is 3.28. The molecule has 0 saturated carbocycles. The maximum atomic E-state index is 13.5. The lowest BCUT2D eigenvalue weighted by Gasteiger charge is -2.13. The number of rotatable bonds is 5. The summed E-state index contributed by atoms with van der Waals surface area (Å²) >= 11 is 0. The van der Waals surface area contributed by atoms with Crippen LogP contribution in [-0.4, -0.2) is 22.2 Å². The molecule has 0 aliphatic rings. The summed E-state index contributed by atoms with van der Waals surface area (Å²) in [5.41, 5.74) is 0.737. The van der Waals surface area contributed by atoms with Gasteiger partial charge in [-0.2, -0.15) is 4.98 Å². The van der Waals surface area contributed by atoms with Gasteiger partial charge in [-0.05, 0) is 36.3 Å². The van der Waals surface area contributed by atoms with E-state index >= 15 is 0 Å². The highest BCUT2D eigenvalue weighted by molar-refractivity contribution is 5.92. The number of halogens is 1. The zero-order chi connectivity index (χ0) is 16.9. The van der Waals surface area contributed by atoms with Crippen LogP contribution in [0.1, 0.15) is 6.92 Å². The summed E-state index contributed by atoms with van der Waals surface area (Å²) in [6, 6.07) is 15.0. The molecule has 0 fully saturated rings. The van der Waals surface area contributed by atoms with Crippen molar-refractivity contribution in [2.45, 2.75) is 13.0 Å². The molecule has 2 aromatic carbocycles. The Morgan fingerprint density at radius 2 is 1.88 bits per heavy atom. The molecule has 3 aromatic rings. The SMILES string of the molecule is C[C@@H](Oc1ccccc1F)C(=O)Nc1noc(-c2ccccc2)n1. The summed E-state index contributed by atoms with van der Waals surface area (Å²) in [5.74, 6) is -0.753. The van der Waals surface area contributed by atoms with Crippen molar-refractivity contribution in [1.29, 1.82) is 0 Å². The summed E-state index contributed by atoms with van der Waals surface area (Å²) < 4.78 is 23.9. The van der Waals surface area contributed by atoms with Gasteiger partial charge in [0, 0.05) is 5.56 Å². The summed E-state index contributed by atoms with van der Waals surface area (Å²) in [7, 11) is 0. The molecule has 1 amide bonds. The van der Waals surface area contributed by atoms with E-state index in [0.29, 0.717) is 0 Å². The Morgan fingerprint density at radius 1 is 1.17 bits per heavy atom. The highest BCUT2D eigenvalue weighted by Gasteiger charge is 2.19. The van der Waals surface area contributed by atoms with Crippen molar-refractivity contribution in [3.8, 4) is 17.2 Å². The first-order valence-corrected chi connectivity index (χ1v) is 7.24. The molecule has 0 aliphatic carbocycles. The summed E-state index contributed by atoms with van der Waals surface area (Å²) in [6.45, 7) is 1.50. The van der Waals surface area contributed by atoms with Gasteiger partial charge in [0.05, 0.1) is 0 Å². The number of benzene rings is 2. The number of hydrogen-bond acceptors (Lipinski definition) is 5. The number of amides is 1. The summed E-state index contributed by atoms with van der Waals surface area (Å²) in [6.07, 6.45) is -0.930. The van der Waals surface area contributed by atoms with Gasteiger partial charge in [-0.25, -0.2) is 4.39 Å². The smallest absolute Gasteiger partial charge is 0.270 e. The minimum absolute atomic E-state index is 0.00163. The van der Waals surface area contributed by atoms with E-state index < -0.39 is 17.8 Å². The fourth-order valence-electron chi connectivity index (χ4n) is 1.97. The first-order chi connectivity index (χ1) is 11.6. The molecule has 0 spiro atoms. The van der Waals surface area contributed by atoms with Crippen LogP contribution in [0.4, 0.5) is 10.3 Å². The standard InChI is InChI=1S/C17H14FN3O3/c1-11(23-14-10-6-5-9-13(14)18)15(22)19-17-20-16(24-21-17)12-7-3-2-4-8-12/h2-11H,1H3,(H,19,21,22)/t11-/m1/s1. The Balaban J connectivity index is 1.65. The van der Waals surface area contributed by atoms with E-state index in [1.807, 2.05) is 30.3 Å². The molecule has 0 bridgehead atoms. The van der Waals surface area contributed by atoms with Crippen molar-refractivity contribution in [2.75, 3.05) is 5.32 Å². The molecular formula is C17H14FN3O3. The number of anilines is 1. The molecule has 122 valence electrons. The summed E-state index contributed by atoms with van der Waals surface area (Å²) in [4.78, 5) is 16.2. The van der Waals surface area contributed by atoms with Crippen LogP contribution in [0.2, 0.25) is 0 Å². The van der Waals surface area contributed by atoms with Crippen molar-refractivity contribution < 1.29 is 18.4 Å². The van der Waals surface area contributed by atoms with Crippen molar-refractivity contribution >= 4 is 11.9 Å². The Bertz CT molecular complexity index is 836. The maximum Gasteiger partial charge on any atom is 0.270 e. The van der Waals surface area contributed by atoms with Gasteiger partial charge in [0.2, 0.25) is 0 Å². The molecular weight excluding hydrogens is 313 g/mol. The minimum atomic E-state index is -0.930. The number of hydrogen-bond donors (Lipinski definition) is 1. The van der Waals surface area contributed by atoms with Crippen LogP contribution in [0.25, 0.3) is 11.5 Å². The van der Waals surface area contributed by atoms with Crippen LogP contribution in [0.5, 0.6) is 5.75 Å². The van der Waals surface area contributed by atoms with E-state index in [9.17, 15) is 9.18 Å². The lowest BCUT2D eigenvalue weighted by Crippen LogP contribution is -2.30. The van der Waals surface area contributed by atoms with Crippen LogP contribution >= 0.6 is 0 Å². The number of nitrogens with zero attached hydrogens (tertiary/aromatic N) is 2. The summed E-state index contributed by atoms with van der Waals surface area (Å²) in [5, 5.41) is 6.16. The molecule has 3 rings (SSSR count). The lowest BCUT2D eigenvalue weighted by molar-refractivity contribution is -0.122. The van der Waals surface area contributed by atoms with Gasteiger partial charge in [0.15, 0.2) is 17.7 Å². The second-order valence-electron chi connectivity index (χ2n) is 4.97. The Labute approximate surface area is 137 Å². The number of nitrogens with one attached hydrogen (secondary N) is 1. The third-order valence-corrected chi connectivity index (χ3v) is 3.19. The van der Waals surface area contributed by atoms with Gasteiger partial charge in [-0.15, -0.1) is 0 Å². The fourth-order valence-corrected chi connectivity index (χ4v) is 1.97. The van der Waals surface area contributed by atoms with Crippen molar-refractivity contribution in [3.63, 3.8) is 0 Å². The molecule has 0 aliphatic heterocycles. The number of para-hydroxylation sites is 1. The van der Waals surface area contributed by atoms with E-state index in [1.54, 1.807) is 6.07 Å². The van der Waals surface area contributed by atoms with Crippen LogP contribution in [0.3, 0.4) is 0 Å². The number of carbonyl (C=O) groups excluding carboxylic acids is 1. The van der Waals surface area contributed by atoms with Gasteiger partial charge >= 0.3 is 0 Å². The van der Waals surface area contributed by atoms with Crippen molar-refractivity contribution in [2.24, 2.45) is 0 Å². The maximum absolute atomic E-state index is 13.5. The Hall–Kier alpha value is -3.22. The predicted molar refractivity (Wildman–Crippen MR) is 84.9 cm³/mol. The molecule has 1 heterocycles. The average Bonchev–Trinajstić information content (AvgIpc) is 3.06. The number of aromatic nitrogens is 2. The highest BCUT2D eigenvalue weighted by atomic mass is 19.1. The van der Waals surface area contributed by atoms with Crippen molar-refractivity contribution in [1.82, 2.24) is 10.1 Å². The quantitative estimate of drug-likeness (QED) is 0.778.